The molecular formula is C13H17N3OS2. The summed E-state index contributed by atoms with van der Waals surface area (Å²) < 4.78 is 0.888. The molecule has 1 atom stereocenters. The first-order valence-electron chi connectivity index (χ1n) is 6.07. The van der Waals surface area contributed by atoms with E-state index in [1.165, 1.54) is 0 Å². The molecule has 0 radical (unpaired) electrons. The van der Waals surface area contributed by atoms with Crippen molar-refractivity contribution in [1.29, 1.82) is 0 Å². The predicted octanol–water partition coefficient (Wildman–Crippen LogP) is 3.20. The number of benzene rings is 1. The van der Waals surface area contributed by atoms with Gasteiger partial charge in [-0.15, -0.1) is 10.2 Å². The van der Waals surface area contributed by atoms with Crippen LogP contribution in [0.25, 0.3) is 0 Å². The van der Waals surface area contributed by atoms with E-state index < -0.39 is 6.10 Å². The van der Waals surface area contributed by atoms with Crippen LogP contribution >= 0.6 is 23.1 Å². The molecule has 0 aliphatic rings. The average molecular weight is 295 g/mol. The van der Waals surface area contributed by atoms with Gasteiger partial charge in [-0.3, -0.25) is 0 Å². The van der Waals surface area contributed by atoms with E-state index in [0.717, 1.165) is 19.9 Å². The van der Waals surface area contributed by atoms with Gasteiger partial charge in [0.1, 0.15) is 0 Å². The smallest absolute Gasteiger partial charge is 0.208 e. The summed E-state index contributed by atoms with van der Waals surface area (Å²) in [5, 5.41) is 19.2. The highest BCUT2D eigenvalue weighted by molar-refractivity contribution is 8.01. The van der Waals surface area contributed by atoms with E-state index in [1.54, 1.807) is 23.1 Å². The summed E-state index contributed by atoms with van der Waals surface area (Å²) in [6.07, 6.45) is 0.279. The van der Waals surface area contributed by atoms with Crippen molar-refractivity contribution in [3.63, 3.8) is 0 Å². The molecule has 4 nitrogen and oxygen atoms in total. The highest BCUT2D eigenvalue weighted by Crippen LogP contribution is 2.36. The Balaban J connectivity index is 2.22. The number of aromatic nitrogens is 2. The molecule has 1 aromatic heterocycles. The maximum absolute atomic E-state index is 10.0. The molecule has 0 bridgehead atoms. The van der Waals surface area contributed by atoms with Gasteiger partial charge in [-0.25, -0.2) is 0 Å². The Labute approximate surface area is 121 Å². The summed E-state index contributed by atoms with van der Waals surface area (Å²) in [4.78, 5) is 2.98. The van der Waals surface area contributed by atoms with Gasteiger partial charge in [0.15, 0.2) is 4.34 Å². The third-order valence-electron chi connectivity index (χ3n) is 2.64. The maximum atomic E-state index is 10.0. The minimum Gasteiger partial charge on any atom is -0.388 e. The van der Waals surface area contributed by atoms with E-state index in [9.17, 15) is 5.11 Å². The van der Waals surface area contributed by atoms with E-state index in [1.807, 2.05) is 50.2 Å². The lowest BCUT2D eigenvalue weighted by Gasteiger charge is -2.12. The lowest BCUT2D eigenvalue weighted by molar-refractivity contribution is 0.171. The Morgan fingerprint density at radius 2 is 2.05 bits per heavy atom. The van der Waals surface area contributed by atoms with Crippen LogP contribution in [0.2, 0.25) is 0 Å². The molecule has 0 saturated heterocycles. The molecule has 102 valence electrons. The second-order valence-electron chi connectivity index (χ2n) is 4.31. The minimum absolute atomic E-state index is 0.426. The number of anilines is 1. The van der Waals surface area contributed by atoms with E-state index in [4.69, 9.17) is 0 Å². The predicted molar refractivity (Wildman–Crippen MR) is 80.1 cm³/mol. The Bertz CT molecular complexity index is 542. The Morgan fingerprint density at radius 1 is 1.32 bits per heavy atom. The van der Waals surface area contributed by atoms with E-state index in [-0.39, 0.29) is 0 Å². The molecule has 0 aliphatic carbocycles. The van der Waals surface area contributed by atoms with Crippen molar-refractivity contribution >= 4 is 28.2 Å². The number of hydrogen-bond acceptors (Lipinski definition) is 6. The molecular weight excluding hydrogens is 278 g/mol. The van der Waals surface area contributed by atoms with Gasteiger partial charge in [0.05, 0.1) is 6.10 Å². The van der Waals surface area contributed by atoms with Crippen LogP contribution in [0.3, 0.4) is 0 Å². The summed E-state index contributed by atoms with van der Waals surface area (Å²) in [5.74, 6) is 0. The Hall–Kier alpha value is -1.11. The van der Waals surface area contributed by atoms with Crippen molar-refractivity contribution in [2.24, 2.45) is 0 Å². The van der Waals surface area contributed by atoms with Crippen LogP contribution in [0.15, 0.2) is 33.5 Å². The van der Waals surface area contributed by atoms with Crippen LogP contribution < -0.4 is 4.90 Å². The van der Waals surface area contributed by atoms with Gasteiger partial charge in [-0.1, -0.05) is 48.2 Å². The molecule has 0 aliphatic heterocycles. The van der Waals surface area contributed by atoms with Crippen molar-refractivity contribution < 1.29 is 5.11 Å². The molecule has 0 saturated carbocycles. The van der Waals surface area contributed by atoms with Gasteiger partial charge in [0.25, 0.3) is 0 Å². The number of aliphatic hydroxyl groups is 1. The maximum Gasteiger partial charge on any atom is 0.208 e. The first kappa shape index (κ1) is 14.3. The minimum atomic E-state index is -0.426. The highest BCUT2D eigenvalue weighted by atomic mass is 32.2. The fraction of sp³-hybridized carbons (Fsp3) is 0.385. The normalized spacial score (nSPS) is 12.4. The summed E-state index contributed by atoms with van der Waals surface area (Å²) in [5.41, 5.74) is 0.955. The highest BCUT2D eigenvalue weighted by Gasteiger charge is 2.13. The Kier molecular flexibility index (Phi) is 4.79. The fourth-order valence-electron chi connectivity index (χ4n) is 1.59. The summed E-state index contributed by atoms with van der Waals surface area (Å²) in [6.45, 7) is 1.97. The van der Waals surface area contributed by atoms with Crippen LogP contribution in [0.1, 0.15) is 25.0 Å². The topological polar surface area (TPSA) is 49.3 Å². The molecule has 19 heavy (non-hydrogen) atoms. The zero-order valence-corrected chi connectivity index (χ0v) is 12.8. The van der Waals surface area contributed by atoms with Crippen molar-refractivity contribution in [1.82, 2.24) is 10.2 Å². The van der Waals surface area contributed by atoms with Crippen LogP contribution in [0.4, 0.5) is 5.13 Å². The van der Waals surface area contributed by atoms with E-state index in [0.29, 0.717) is 6.42 Å². The van der Waals surface area contributed by atoms with E-state index in [2.05, 4.69) is 10.2 Å². The first-order chi connectivity index (χ1) is 9.11. The standard InChI is InChI=1S/C13H17N3OS2/c1-4-10(17)9-7-5-6-8-11(9)18-13-15-14-12(19-13)16(2)3/h5-8,10,17H,4H2,1-3H3/t10-/m1/s1. The molecule has 2 rings (SSSR count). The van der Waals surface area contributed by atoms with Crippen molar-refractivity contribution in [2.45, 2.75) is 28.7 Å². The number of hydrogen-bond donors (Lipinski definition) is 1. The van der Waals surface area contributed by atoms with Crippen molar-refractivity contribution in [2.75, 3.05) is 19.0 Å². The van der Waals surface area contributed by atoms with E-state index >= 15 is 0 Å². The largest absolute Gasteiger partial charge is 0.388 e. The zero-order valence-electron chi connectivity index (χ0n) is 11.2. The zero-order chi connectivity index (χ0) is 13.8. The molecule has 1 heterocycles. The Morgan fingerprint density at radius 3 is 2.68 bits per heavy atom. The second-order valence-corrected chi connectivity index (χ2v) is 6.55. The summed E-state index contributed by atoms with van der Waals surface area (Å²) >= 11 is 3.10. The lowest BCUT2D eigenvalue weighted by atomic mass is 10.1. The van der Waals surface area contributed by atoms with Crippen LogP contribution in [-0.4, -0.2) is 29.4 Å². The molecule has 6 heteroatoms. The first-order valence-corrected chi connectivity index (χ1v) is 7.70. The van der Waals surface area contributed by atoms with Gasteiger partial charge in [-0.05, 0) is 18.1 Å². The lowest BCUT2D eigenvalue weighted by Crippen LogP contribution is -2.07. The van der Waals surface area contributed by atoms with Crippen LogP contribution in [0, 0.1) is 0 Å². The number of aliphatic hydroxyl groups excluding tert-OH is 1. The quantitative estimate of drug-likeness (QED) is 0.918. The van der Waals surface area contributed by atoms with Gasteiger partial charge < -0.3 is 10.0 Å². The SMILES string of the molecule is CC[C@@H](O)c1ccccc1Sc1nnc(N(C)C)s1. The molecule has 0 fully saturated rings. The monoisotopic (exact) mass is 295 g/mol. The van der Waals surface area contributed by atoms with Gasteiger partial charge in [0, 0.05) is 19.0 Å². The number of rotatable bonds is 5. The van der Waals surface area contributed by atoms with Crippen molar-refractivity contribution in [3.8, 4) is 0 Å². The molecule has 1 aromatic carbocycles. The molecule has 0 unspecified atom stereocenters. The third-order valence-corrected chi connectivity index (χ3v) is 4.87. The van der Waals surface area contributed by atoms with Gasteiger partial charge >= 0.3 is 0 Å². The second kappa shape index (κ2) is 6.36. The average Bonchev–Trinajstić information content (AvgIpc) is 2.87. The van der Waals surface area contributed by atoms with Crippen LogP contribution in [0.5, 0.6) is 0 Å². The number of nitrogens with zero attached hydrogens (tertiary/aromatic N) is 3. The molecule has 0 spiro atoms. The molecule has 1 N–H and O–H groups in total. The molecule has 2 aromatic rings. The molecule has 0 amide bonds. The fourth-order valence-corrected chi connectivity index (χ4v) is 3.49. The van der Waals surface area contributed by atoms with Gasteiger partial charge in [-0.2, -0.15) is 0 Å². The third kappa shape index (κ3) is 3.46. The van der Waals surface area contributed by atoms with Gasteiger partial charge in [0.2, 0.25) is 5.13 Å². The van der Waals surface area contributed by atoms with Crippen LogP contribution in [-0.2, 0) is 0 Å². The summed E-state index contributed by atoms with van der Waals surface area (Å²) in [6, 6.07) is 7.89. The van der Waals surface area contributed by atoms with Crippen molar-refractivity contribution in [3.05, 3.63) is 29.8 Å². The summed E-state index contributed by atoms with van der Waals surface area (Å²) in [7, 11) is 3.90.